The molecule has 0 spiro atoms. The quantitative estimate of drug-likeness (QED) is 0.133. The molecule has 0 radical (unpaired) electrons. The van der Waals surface area contributed by atoms with Crippen LogP contribution in [0.1, 0.15) is 6.42 Å². The Kier molecular flexibility index (Phi) is 3.67. The van der Waals surface area contributed by atoms with Crippen LogP contribution in [0.2, 0.25) is 0 Å². The van der Waals surface area contributed by atoms with Crippen LogP contribution in [0.3, 0.4) is 0 Å². The maximum Gasteiger partial charge on any atom is 0.337 e. The van der Waals surface area contributed by atoms with E-state index in [1.807, 2.05) is 0 Å². The summed E-state index contributed by atoms with van der Waals surface area (Å²) in [4.78, 5) is 21.5. The maximum absolute atomic E-state index is 9.84. The summed E-state index contributed by atoms with van der Waals surface area (Å²) in [5, 5.41) is 9.69. The lowest BCUT2D eigenvalue weighted by atomic mass is 10.3. The number of hydrogen-bond acceptors (Lipinski definition) is 3. The molecule has 0 aliphatic heterocycles. The summed E-state index contributed by atoms with van der Waals surface area (Å²) in [6.45, 7) is -0.391. The largest absolute Gasteiger partial charge is 0.361 e. The van der Waals surface area contributed by atoms with Gasteiger partial charge in [0.2, 0.25) is 12.8 Å². The van der Waals surface area contributed by atoms with E-state index >= 15 is 0 Å². The van der Waals surface area contributed by atoms with Gasteiger partial charge in [-0.2, -0.15) is 4.79 Å². The molecule has 0 amide bonds. The number of nitrogens with zero attached hydrogens (tertiary/aromatic N) is 3. The predicted octanol–water partition coefficient (Wildman–Crippen LogP) is -0.477. The van der Waals surface area contributed by atoms with Crippen molar-refractivity contribution in [3.05, 3.63) is 15.6 Å². The van der Waals surface area contributed by atoms with E-state index in [9.17, 15) is 14.9 Å². The predicted molar refractivity (Wildman–Crippen MR) is 31.2 cm³/mol. The molecule has 0 aliphatic carbocycles. The molecule has 0 N–H and O–H groups in total. The zero-order chi connectivity index (χ0) is 7.98. The van der Waals surface area contributed by atoms with Gasteiger partial charge in [0, 0.05) is 4.92 Å². The molecular formula is C4H5N3O3. The summed E-state index contributed by atoms with van der Waals surface area (Å²) in [6, 6.07) is 0. The van der Waals surface area contributed by atoms with Crippen LogP contribution in [0.25, 0.3) is 5.53 Å². The Balaban J connectivity index is 3.78. The normalized spacial score (nSPS) is 8.00. The Morgan fingerprint density at radius 1 is 1.80 bits per heavy atom. The minimum absolute atomic E-state index is 0.132. The van der Waals surface area contributed by atoms with Gasteiger partial charge < -0.3 is 5.53 Å². The Labute approximate surface area is 56.2 Å². The number of hydrogen-bond donors (Lipinski definition) is 0. The fraction of sp³-hybridized carbons (Fsp3) is 0.500. The summed E-state index contributed by atoms with van der Waals surface area (Å²) in [7, 11) is 0. The highest BCUT2D eigenvalue weighted by Crippen LogP contribution is 1.79. The molecule has 0 unspecified atom stereocenters. The summed E-state index contributed by atoms with van der Waals surface area (Å²) < 4.78 is 0. The first-order valence-corrected chi connectivity index (χ1v) is 2.48. The van der Waals surface area contributed by atoms with Crippen LogP contribution in [-0.4, -0.2) is 28.3 Å². The lowest BCUT2D eigenvalue weighted by Gasteiger charge is -1.82. The average Bonchev–Trinajstić information content (AvgIpc) is 1.90. The average molecular weight is 143 g/mol. The summed E-state index contributed by atoms with van der Waals surface area (Å²) in [5.74, 6) is 0. The fourth-order valence-corrected chi connectivity index (χ4v) is 0.338. The Morgan fingerprint density at radius 2 is 2.40 bits per heavy atom. The van der Waals surface area contributed by atoms with Crippen LogP contribution in [-0.2, 0) is 4.79 Å². The molecule has 54 valence electrons. The van der Waals surface area contributed by atoms with Crippen LogP contribution in [0.4, 0.5) is 0 Å². The Morgan fingerprint density at radius 3 is 2.70 bits per heavy atom. The maximum atomic E-state index is 9.84. The van der Waals surface area contributed by atoms with E-state index in [-0.39, 0.29) is 18.4 Å². The van der Waals surface area contributed by atoms with Crippen molar-refractivity contribution in [2.75, 3.05) is 6.54 Å². The van der Waals surface area contributed by atoms with Gasteiger partial charge in [-0.25, -0.2) is 0 Å². The van der Waals surface area contributed by atoms with Crippen LogP contribution in [0, 0.1) is 10.1 Å². The molecular weight excluding hydrogens is 138 g/mol. The molecule has 0 aromatic heterocycles. The molecule has 6 heteroatoms. The second-order valence-corrected chi connectivity index (χ2v) is 1.52. The van der Waals surface area contributed by atoms with Crippen molar-refractivity contribution in [3.8, 4) is 0 Å². The standard InChI is InChI=1S/C4H5N3O3/c5-6-4(3-8)1-2-7(9)10/h3H,1-2H2. The summed E-state index contributed by atoms with van der Waals surface area (Å²) >= 11 is 0. The van der Waals surface area contributed by atoms with Gasteiger partial charge in [0.1, 0.15) is 6.42 Å². The number of carbonyl (C=O) groups is 1. The van der Waals surface area contributed by atoms with Crippen LogP contribution in [0.5, 0.6) is 0 Å². The van der Waals surface area contributed by atoms with Gasteiger partial charge >= 0.3 is 5.71 Å². The second kappa shape index (κ2) is 4.34. The molecule has 0 rings (SSSR count). The van der Waals surface area contributed by atoms with Crippen molar-refractivity contribution in [3.63, 3.8) is 0 Å². The minimum Gasteiger partial charge on any atom is -0.361 e. The molecule has 0 aromatic rings. The van der Waals surface area contributed by atoms with E-state index < -0.39 is 11.5 Å². The first-order valence-electron chi connectivity index (χ1n) is 2.48. The van der Waals surface area contributed by atoms with Crippen LogP contribution < -0.4 is 0 Å². The van der Waals surface area contributed by atoms with Crippen LogP contribution >= 0.6 is 0 Å². The smallest absolute Gasteiger partial charge is 0.337 e. The third-order valence-electron chi connectivity index (χ3n) is 0.815. The third kappa shape index (κ3) is 3.45. The lowest BCUT2D eigenvalue weighted by molar-refractivity contribution is -0.478. The molecule has 0 saturated heterocycles. The Bertz CT molecular complexity index is 194. The zero-order valence-electron chi connectivity index (χ0n) is 5.06. The lowest BCUT2D eigenvalue weighted by Crippen LogP contribution is -2.09. The van der Waals surface area contributed by atoms with Gasteiger partial charge in [-0.05, 0) is 0 Å². The van der Waals surface area contributed by atoms with Gasteiger partial charge in [0.25, 0.3) is 0 Å². The molecule has 10 heavy (non-hydrogen) atoms. The van der Waals surface area contributed by atoms with Crippen molar-refractivity contribution in [1.82, 2.24) is 0 Å². The summed E-state index contributed by atoms with van der Waals surface area (Å²) in [6.07, 6.45) is 0.149. The highest BCUT2D eigenvalue weighted by Gasteiger charge is 2.09. The number of nitro groups is 1. The Hall–Kier alpha value is -1.55. The van der Waals surface area contributed by atoms with Gasteiger partial charge in [-0.1, -0.05) is 0 Å². The van der Waals surface area contributed by atoms with Gasteiger partial charge in [0.05, 0.1) is 0 Å². The van der Waals surface area contributed by atoms with Gasteiger partial charge in [-0.15, -0.1) is 0 Å². The van der Waals surface area contributed by atoms with Crippen molar-refractivity contribution in [2.45, 2.75) is 6.42 Å². The minimum atomic E-state index is -0.589. The summed E-state index contributed by atoms with van der Waals surface area (Å²) in [5.41, 5.74) is 7.76. The van der Waals surface area contributed by atoms with E-state index in [0.717, 1.165) is 0 Å². The number of rotatable bonds is 4. The molecule has 0 heterocycles. The van der Waals surface area contributed by atoms with E-state index in [0.29, 0.717) is 0 Å². The second-order valence-electron chi connectivity index (χ2n) is 1.52. The van der Waals surface area contributed by atoms with Gasteiger partial charge in [-0.3, -0.25) is 14.9 Å². The first kappa shape index (κ1) is 8.45. The highest BCUT2D eigenvalue weighted by atomic mass is 16.6. The third-order valence-corrected chi connectivity index (χ3v) is 0.815. The first-order chi connectivity index (χ1) is 4.70. The SMILES string of the molecule is [N-]=[N+]=C(C=O)CC[N+](=O)[O-]. The van der Waals surface area contributed by atoms with E-state index in [1.165, 1.54) is 0 Å². The molecule has 0 bridgehead atoms. The molecule has 6 nitrogen and oxygen atoms in total. The molecule has 0 fully saturated rings. The number of aldehydes is 1. The van der Waals surface area contributed by atoms with Crippen molar-refractivity contribution < 1.29 is 14.5 Å². The topological polar surface area (TPSA) is 96.6 Å². The van der Waals surface area contributed by atoms with Crippen LogP contribution in [0.15, 0.2) is 0 Å². The van der Waals surface area contributed by atoms with Crippen molar-refractivity contribution in [1.29, 1.82) is 0 Å². The van der Waals surface area contributed by atoms with Crippen molar-refractivity contribution in [2.24, 2.45) is 0 Å². The number of carbonyl (C=O) groups excluding carboxylic acids is 1. The fourth-order valence-electron chi connectivity index (χ4n) is 0.338. The van der Waals surface area contributed by atoms with Gasteiger partial charge in [0.15, 0.2) is 0 Å². The molecule has 0 atom stereocenters. The van der Waals surface area contributed by atoms with E-state index in [1.54, 1.807) is 0 Å². The van der Waals surface area contributed by atoms with E-state index in [2.05, 4.69) is 4.79 Å². The monoisotopic (exact) mass is 143 g/mol. The zero-order valence-corrected chi connectivity index (χ0v) is 5.06. The molecule has 0 saturated carbocycles. The highest BCUT2D eigenvalue weighted by molar-refractivity contribution is 6.25. The van der Waals surface area contributed by atoms with Crippen molar-refractivity contribution >= 4 is 12.0 Å². The molecule has 0 aliphatic rings. The van der Waals surface area contributed by atoms with E-state index in [4.69, 9.17) is 5.53 Å². The molecule has 0 aromatic carbocycles.